The number of aromatic amines is 1. The molecule has 1 aromatic heterocycles. The van der Waals surface area contributed by atoms with Gasteiger partial charge in [0.1, 0.15) is 11.0 Å². The van der Waals surface area contributed by atoms with E-state index in [9.17, 15) is 24.0 Å². The molecule has 0 saturated carbocycles. The van der Waals surface area contributed by atoms with Crippen LogP contribution in [0, 0.1) is 5.92 Å². The van der Waals surface area contributed by atoms with Crippen molar-refractivity contribution < 1.29 is 19.1 Å². The standard InChI is InChI=1S/C23H19N5O6S/c1-34-18(30)16-15-17(29)26(13-9-5-3-6-10-13)20(31)23(15,19(24-16)35-2)28-22(33)27(21(32)25-28)14-11-7-4-8-12-14/h3-12,15-16H,1-2H3,(H,25,32)/t15-,16+,23-/m1/s1. The molecule has 11 nitrogen and oxygen atoms in total. The average molecular weight is 494 g/mol. The fraction of sp³-hybridized carbons (Fsp3) is 0.217. The first kappa shape index (κ1) is 22.6. The summed E-state index contributed by atoms with van der Waals surface area (Å²) >= 11 is 1.01. The molecule has 0 aliphatic carbocycles. The summed E-state index contributed by atoms with van der Waals surface area (Å²) in [6.07, 6.45) is 1.61. The third kappa shape index (κ3) is 2.99. The summed E-state index contributed by atoms with van der Waals surface area (Å²) in [5.41, 5.74) is -3.23. The Hall–Kier alpha value is -4.19. The van der Waals surface area contributed by atoms with Gasteiger partial charge in [0.05, 0.1) is 18.5 Å². The van der Waals surface area contributed by atoms with Crippen molar-refractivity contribution in [2.75, 3.05) is 18.3 Å². The molecule has 1 fully saturated rings. The number of imide groups is 1. The quantitative estimate of drug-likeness (QED) is 0.414. The normalized spacial score (nSPS) is 23.4. The number of benzene rings is 2. The molecule has 0 unspecified atom stereocenters. The van der Waals surface area contributed by atoms with Gasteiger partial charge in [-0.05, 0) is 30.5 Å². The lowest BCUT2D eigenvalue weighted by Crippen LogP contribution is -2.55. The van der Waals surface area contributed by atoms with E-state index in [2.05, 4.69) is 10.1 Å². The van der Waals surface area contributed by atoms with Crippen molar-refractivity contribution in [3.05, 3.63) is 81.6 Å². The number of fused-ring (bicyclic) bond motifs is 1. The van der Waals surface area contributed by atoms with Gasteiger partial charge in [0.15, 0.2) is 6.04 Å². The lowest BCUT2D eigenvalue weighted by molar-refractivity contribution is -0.145. The van der Waals surface area contributed by atoms with E-state index in [0.717, 1.165) is 33.0 Å². The van der Waals surface area contributed by atoms with E-state index in [1.54, 1.807) is 66.9 Å². The van der Waals surface area contributed by atoms with Crippen LogP contribution in [0.15, 0.2) is 75.2 Å². The van der Waals surface area contributed by atoms with Crippen LogP contribution in [0.2, 0.25) is 0 Å². The third-order valence-electron chi connectivity index (χ3n) is 6.17. The van der Waals surface area contributed by atoms with Gasteiger partial charge in [-0.25, -0.2) is 33.6 Å². The van der Waals surface area contributed by atoms with E-state index < -0.39 is 46.7 Å². The zero-order chi connectivity index (χ0) is 24.9. The number of esters is 1. The molecule has 2 aliphatic rings. The Bertz CT molecular complexity index is 1490. The number of nitrogens with one attached hydrogen (secondary N) is 1. The molecule has 5 rings (SSSR count). The van der Waals surface area contributed by atoms with Gasteiger partial charge in [-0.2, -0.15) is 0 Å². The number of nitrogens with zero attached hydrogens (tertiary/aromatic N) is 4. The van der Waals surface area contributed by atoms with Crippen molar-refractivity contribution in [2.24, 2.45) is 10.9 Å². The maximum absolute atomic E-state index is 14.1. The van der Waals surface area contributed by atoms with E-state index in [-0.39, 0.29) is 16.4 Å². The first-order valence-corrected chi connectivity index (χ1v) is 11.7. The molecule has 12 heteroatoms. The number of thioether (sulfide) groups is 1. The van der Waals surface area contributed by atoms with E-state index >= 15 is 0 Å². The Morgan fingerprint density at radius 3 is 2.17 bits per heavy atom. The highest BCUT2D eigenvalue weighted by atomic mass is 32.2. The number of methoxy groups -OCH3 is 1. The van der Waals surface area contributed by atoms with Crippen LogP contribution < -0.4 is 16.3 Å². The number of ether oxygens (including phenoxy) is 1. The van der Waals surface area contributed by atoms with Crippen molar-refractivity contribution in [3.63, 3.8) is 0 Å². The van der Waals surface area contributed by atoms with E-state index in [1.807, 2.05) is 0 Å². The first-order chi connectivity index (χ1) is 16.9. The molecule has 2 aromatic carbocycles. The summed E-state index contributed by atoms with van der Waals surface area (Å²) < 4.78 is 6.55. The van der Waals surface area contributed by atoms with Gasteiger partial charge in [0.25, 0.3) is 5.91 Å². The Labute approximate surface area is 202 Å². The maximum atomic E-state index is 14.1. The van der Waals surface area contributed by atoms with Gasteiger partial charge >= 0.3 is 17.3 Å². The van der Waals surface area contributed by atoms with Crippen LogP contribution in [-0.4, -0.2) is 56.6 Å². The lowest BCUT2D eigenvalue weighted by atomic mass is 9.84. The summed E-state index contributed by atoms with van der Waals surface area (Å²) in [6.45, 7) is 0. The van der Waals surface area contributed by atoms with Gasteiger partial charge in [-0.3, -0.25) is 14.6 Å². The number of para-hydroxylation sites is 2. The molecule has 178 valence electrons. The van der Waals surface area contributed by atoms with Crippen LogP contribution in [-0.2, 0) is 24.7 Å². The second kappa shape index (κ2) is 8.24. The van der Waals surface area contributed by atoms with E-state index in [0.29, 0.717) is 0 Å². The topological polar surface area (TPSA) is 136 Å². The van der Waals surface area contributed by atoms with Gasteiger partial charge in [-0.1, -0.05) is 36.4 Å². The summed E-state index contributed by atoms with van der Waals surface area (Å²) in [5.74, 6) is -3.81. The third-order valence-corrected chi connectivity index (χ3v) is 6.98. The second-order valence-electron chi connectivity index (χ2n) is 7.87. The summed E-state index contributed by atoms with van der Waals surface area (Å²) in [6, 6.07) is 14.9. The number of hydrogen-bond donors (Lipinski definition) is 1. The SMILES string of the molecule is COC(=O)[C@H]1N=C(SC)[C@@]2(n3[nH]c(=O)n(-c4ccccc4)c3=O)C(=O)N(c3ccccc3)C(=O)[C@@H]12. The van der Waals surface area contributed by atoms with Crippen molar-refractivity contribution >= 4 is 40.3 Å². The Morgan fingerprint density at radius 1 is 1.00 bits per heavy atom. The van der Waals surface area contributed by atoms with Crippen LogP contribution in [0.25, 0.3) is 5.69 Å². The molecule has 3 heterocycles. The Morgan fingerprint density at radius 2 is 1.60 bits per heavy atom. The van der Waals surface area contributed by atoms with Crippen LogP contribution in [0.3, 0.4) is 0 Å². The van der Waals surface area contributed by atoms with Crippen LogP contribution in [0.5, 0.6) is 0 Å². The smallest absolute Gasteiger partial charge is 0.353 e. The van der Waals surface area contributed by atoms with Gasteiger partial charge in [0.2, 0.25) is 11.4 Å². The van der Waals surface area contributed by atoms with E-state index in [1.165, 1.54) is 0 Å². The number of aliphatic imine (C=N–C) groups is 1. The summed E-state index contributed by atoms with van der Waals surface area (Å²) in [7, 11) is 1.15. The Balaban J connectivity index is 1.81. The van der Waals surface area contributed by atoms with Crippen LogP contribution >= 0.6 is 11.8 Å². The zero-order valence-electron chi connectivity index (χ0n) is 18.6. The van der Waals surface area contributed by atoms with Crippen LogP contribution in [0.4, 0.5) is 5.69 Å². The van der Waals surface area contributed by atoms with Gasteiger partial charge in [-0.15, -0.1) is 11.8 Å². The molecule has 1 saturated heterocycles. The number of rotatable bonds is 4. The number of anilines is 1. The minimum absolute atomic E-state index is 0.0400. The number of carbonyl (C=O) groups excluding carboxylic acids is 3. The summed E-state index contributed by atoms with van der Waals surface area (Å²) in [5, 5.41) is 2.49. The van der Waals surface area contributed by atoms with Crippen molar-refractivity contribution in [3.8, 4) is 5.69 Å². The predicted molar refractivity (Wildman–Crippen MR) is 128 cm³/mol. The predicted octanol–water partition coefficient (Wildman–Crippen LogP) is 0.529. The molecule has 2 amide bonds. The van der Waals surface area contributed by atoms with E-state index in [4.69, 9.17) is 4.74 Å². The number of hydrogen-bond acceptors (Lipinski definition) is 8. The minimum Gasteiger partial charge on any atom is -0.467 e. The molecule has 0 spiro atoms. The van der Waals surface area contributed by atoms with Crippen molar-refractivity contribution in [2.45, 2.75) is 11.6 Å². The number of aromatic nitrogens is 3. The molecule has 2 aliphatic heterocycles. The Kier molecular flexibility index (Phi) is 5.32. The highest BCUT2D eigenvalue weighted by Crippen LogP contribution is 2.48. The maximum Gasteiger partial charge on any atom is 0.353 e. The van der Waals surface area contributed by atoms with Crippen LogP contribution in [0.1, 0.15) is 0 Å². The van der Waals surface area contributed by atoms with Crippen molar-refractivity contribution in [1.29, 1.82) is 0 Å². The van der Waals surface area contributed by atoms with Gasteiger partial charge in [0, 0.05) is 0 Å². The molecular weight excluding hydrogens is 474 g/mol. The highest BCUT2D eigenvalue weighted by molar-refractivity contribution is 8.13. The number of amides is 2. The zero-order valence-corrected chi connectivity index (χ0v) is 19.4. The molecular formula is C23H19N5O6S. The largest absolute Gasteiger partial charge is 0.467 e. The first-order valence-electron chi connectivity index (χ1n) is 10.5. The molecule has 3 atom stereocenters. The highest BCUT2D eigenvalue weighted by Gasteiger charge is 2.72. The molecule has 3 aromatic rings. The van der Waals surface area contributed by atoms with Crippen molar-refractivity contribution in [1.82, 2.24) is 14.3 Å². The average Bonchev–Trinajstić information content (AvgIpc) is 3.46. The fourth-order valence-corrected chi connectivity index (χ4v) is 5.54. The molecule has 1 N–H and O–H groups in total. The fourth-order valence-electron chi connectivity index (χ4n) is 4.70. The van der Waals surface area contributed by atoms with Gasteiger partial charge < -0.3 is 4.74 Å². The molecule has 35 heavy (non-hydrogen) atoms. The lowest BCUT2D eigenvalue weighted by Gasteiger charge is -2.27. The second-order valence-corrected chi connectivity index (χ2v) is 8.67. The monoisotopic (exact) mass is 493 g/mol. The number of H-pyrrole nitrogens is 1. The number of carbonyl (C=O) groups is 3. The minimum atomic E-state index is -2.07. The molecule has 0 bridgehead atoms. The molecule has 0 radical (unpaired) electrons. The summed E-state index contributed by atoms with van der Waals surface area (Å²) in [4.78, 5) is 72.4.